The van der Waals surface area contributed by atoms with Gasteiger partial charge in [0.25, 0.3) is 0 Å². The Morgan fingerprint density at radius 1 is 1.21 bits per heavy atom. The lowest BCUT2D eigenvalue weighted by molar-refractivity contribution is -0.137. The van der Waals surface area contributed by atoms with Crippen LogP contribution in [0.4, 0.5) is 18.9 Å². The minimum absolute atomic E-state index is 0.0307. The van der Waals surface area contributed by atoms with E-state index in [9.17, 15) is 18.0 Å². The standard InChI is InChI=1S/C19H17F3N4OS/c1-12-5-7-13(8-6-12)17-24-25-18(28)26(17)10-9-16(27)23-15-4-2-3-14(11-15)19(20,21)22/h2-8,11H,9-10H2,1H3,(H,23,27)(H,25,28). The fraction of sp³-hybridized carbons (Fsp3) is 0.211. The average Bonchev–Trinajstić information content (AvgIpc) is 3.01. The average molecular weight is 406 g/mol. The van der Waals surface area contributed by atoms with Gasteiger partial charge in [-0.25, -0.2) is 0 Å². The van der Waals surface area contributed by atoms with Crippen LogP contribution < -0.4 is 5.32 Å². The molecule has 3 aromatic rings. The number of aromatic amines is 1. The number of alkyl halides is 3. The molecule has 2 N–H and O–H groups in total. The van der Waals surface area contributed by atoms with Crippen molar-refractivity contribution in [3.63, 3.8) is 0 Å². The van der Waals surface area contributed by atoms with Crippen LogP contribution in [-0.2, 0) is 17.5 Å². The lowest BCUT2D eigenvalue weighted by atomic mass is 10.1. The second-order valence-corrected chi connectivity index (χ2v) is 6.63. The number of nitrogens with zero attached hydrogens (tertiary/aromatic N) is 2. The van der Waals surface area contributed by atoms with Crippen LogP contribution in [0.2, 0.25) is 0 Å². The molecule has 0 spiro atoms. The Hall–Kier alpha value is -2.94. The minimum atomic E-state index is -4.46. The Morgan fingerprint density at radius 3 is 2.61 bits per heavy atom. The first-order valence-electron chi connectivity index (χ1n) is 8.43. The number of nitrogens with one attached hydrogen (secondary N) is 2. The van der Waals surface area contributed by atoms with Gasteiger partial charge in [0.05, 0.1) is 5.56 Å². The second kappa shape index (κ2) is 7.97. The Balaban J connectivity index is 1.70. The highest BCUT2D eigenvalue weighted by Crippen LogP contribution is 2.30. The lowest BCUT2D eigenvalue weighted by Gasteiger charge is -2.11. The van der Waals surface area contributed by atoms with E-state index < -0.39 is 17.6 Å². The van der Waals surface area contributed by atoms with E-state index in [4.69, 9.17) is 12.2 Å². The van der Waals surface area contributed by atoms with Crippen LogP contribution in [0.15, 0.2) is 48.5 Å². The molecule has 0 radical (unpaired) electrons. The molecule has 0 aliphatic rings. The summed E-state index contributed by atoms with van der Waals surface area (Å²) in [7, 11) is 0. The van der Waals surface area contributed by atoms with Crippen molar-refractivity contribution in [2.24, 2.45) is 0 Å². The van der Waals surface area contributed by atoms with Gasteiger partial charge in [-0.05, 0) is 37.3 Å². The number of carbonyl (C=O) groups is 1. The predicted octanol–water partition coefficient (Wildman–Crippen LogP) is 4.96. The molecule has 0 aliphatic heterocycles. The van der Waals surface area contributed by atoms with Crippen molar-refractivity contribution in [3.05, 3.63) is 64.4 Å². The maximum absolute atomic E-state index is 12.8. The fourth-order valence-corrected chi connectivity index (χ4v) is 2.88. The third kappa shape index (κ3) is 4.66. The van der Waals surface area contributed by atoms with Crippen molar-refractivity contribution >= 4 is 23.8 Å². The van der Waals surface area contributed by atoms with Gasteiger partial charge in [-0.1, -0.05) is 35.9 Å². The summed E-state index contributed by atoms with van der Waals surface area (Å²) in [5, 5.41) is 9.40. The molecule has 0 fully saturated rings. The molecule has 0 unspecified atom stereocenters. The topological polar surface area (TPSA) is 62.7 Å². The van der Waals surface area contributed by atoms with Crippen LogP contribution in [0.1, 0.15) is 17.5 Å². The quantitative estimate of drug-likeness (QED) is 0.589. The minimum Gasteiger partial charge on any atom is -0.326 e. The summed E-state index contributed by atoms with van der Waals surface area (Å²) < 4.78 is 40.4. The molecule has 0 saturated carbocycles. The molecular weight excluding hydrogens is 389 g/mol. The monoisotopic (exact) mass is 406 g/mol. The molecule has 0 atom stereocenters. The van der Waals surface area contributed by atoms with Gasteiger partial charge in [0, 0.05) is 24.2 Å². The van der Waals surface area contributed by atoms with E-state index in [1.54, 1.807) is 4.57 Å². The first-order chi connectivity index (χ1) is 13.2. The van der Waals surface area contributed by atoms with Crippen molar-refractivity contribution in [2.75, 3.05) is 5.32 Å². The summed E-state index contributed by atoms with van der Waals surface area (Å²) in [6.45, 7) is 2.21. The smallest absolute Gasteiger partial charge is 0.326 e. The van der Waals surface area contributed by atoms with Crippen molar-refractivity contribution in [2.45, 2.75) is 26.1 Å². The van der Waals surface area contributed by atoms with Gasteiger partial charge in [0.1, 0.15) is 0 Å². The Bertz CT molecular complexity index is 1040. The highest BCUT2D eigenvalue weighted by atomic mass is 32.1. The van der Waals surface area contributed by atoms with E-state index in [2.05, 4.69) is 15.5 Å². The van der Waals surface area contributed by atoms with Crippen molar-refractivity contribution in [3.8, 4) is 11.4 Å². The zero-order valence-electron chi connectivity index (χ0n) is 14.9. The number of anilines is 1. The van der Waals surface area contributed by atoms with Crippen molar-refractivity contribution in [1.82, 2.24) is 14.8 Å². The van der Waals surface area contributed by atoms with Crippen LogP contribution in [0, 0.1) is 11.7 Å². The second-order valence-electron chi connectivity index (χ2n) is 6.25. The molecule has 1 amide bonds. The summed E-state index contributed by atoms with van der Waals surface area (Å²) in [6.07, 6.45) is -4.43. The third-order valence-corrected chi connectivity index (χ3v) is 4.42. The van der Waals surface area contributed by atoms with Gasteiger partial charge in [0.15, 0.2) is 10.6 Å². The number of carbonyl (C=O) groups excluding carboxylic acids is 1. The maximum atomic E-state index is 12.8. The number of amides is 1. The molecule has 2 aromatic carbocycles. The van der Waals surface area contributed by atoms with Crippen LogP contribution in [0.3, 0.4) is 0 Å². The number of aromatic nitrogens is 3. The predicted molar refractivity (Wildman–Crippen MR) is 102 cm³/mol. The van der Waals surface area contributed by atoms with Crippen LogP contribution >= 0.6 is 12.2 Å². The summed E-state index contributed by atoms with van der Waals surface area (Å²) >= 11 is 5.23. The third-order valence-electron chi connectivity index (χ3n) is 4.10. The summed E-state index contributed by atoms with van der Waals surface area (Å²) in [6, 6.07) is 12.2. The lowest BCUT2D eigenvalue weighted by Crippen LogP contribution is -2.15. The van der Waals surface area contributed by atoms with E-state index in [0.29, 0.717) is 10.6 Å². The molecule has 146 valence electrons. The summed E-state index contributed by atoms with van der Waals surface area (Å²) in [5.74, 6) is 0.175. The normalized spacial score (nSPS) is 11.4. The van der Waals surface area contributed by atoms with Gasteiger partial charge in [-0.2, -0.15) is 18.3 Å². The molecule has 1 aromatic heterocycles. The summed E-state index contributed by atoms with van der Waals surface area (Å²) in [4.78, 5) is 12.2. The molecule has 3 rings (SSSR count). The van der Waals surface area contributed by atoms with Crippen LogP contribution in [0.25, 0.3) is 11.4 Å². The molecule has 0 aliphatic carbocycles. The number of hydrogen-bond donors (Lipinski definition) is 2. The first-order valence-corrected chi connectivity index (χ1v) is 8.84. The number of halogens is 3. The van der Waals surface area contributed by atoms with Gasteiger partial charge in [0.2, 0.25) is 5.91 Å². The molecule has 0 bridgehead atoms. The number of rotatable bonds is 5. The molecule has 5 nitrogen and oxygen atoms in total. The Labute approximate surface area is 164 Å². The van der Waals surface area contributed by atoms with E-state index in [0.717, 1.165) is 23.3 Å². The zero-order chi connectivity index (χ0) is 20.3. The maximum Gasteiger partial charge on any atom is 0.416 e. The van der Waals surface area contributed by atoms with E-state index in [1.165, 1.54) is 12.1 Å². The molecule has 1 heterocycles. The largest absolute Gasteiger partial charge is 0.416 e. The molecule has 28 heavy (non-hydrogen) atoms. The van der Waals surface area contributed by atoms with Gasteiger partial charge >= 0.3 is 6.18 Å². The highest BCUT2D eigenvalue weighted by molar-refractivity contribution is 7.71. The molecule has 0 saturated heterocycles. The highest BCUT2D eigenvalue weighted by Gasteiger charge is 2.30. The van der Waals surface area contributed by atoms with Crippen LogP contribution in [0.5, 0.6) is 0 Å². The molecule has 9 heteroatoms. The number of benzene rings is 2. The Morgan fingerprint density at radius 2 is 1.93 bits per heavy atom. The van der Waals surface area contributed by atoms with Crippen molar-refractivity contribution < 1.29 is 18.0 Å². The molecular formula is C19H17F3N4OS. The summed E-state index contributed by atoms with van der Waals surface area (Å²) in [5.41, 5.74) is 1.22. The zero-order valence-corrected chi connectivity index (χ0v) is 15.7. The SMILES string of the molecule is Cc1ccc(-c2n[nH]c(=S)n2CCC(=O)Nc2cccc(C(F)(F)F)c2)cc1. The Kier molecular flexibility index (Phi) is 5.64. The van der Waals surface area contributed by atoms with Gasteiger partial charge in [-0.3, -0.25) is 14.5 Å². The van der Waals surface area contributed by atoms with E-state index >= 15 is 0 Å². The fourth-order valence-electron chi connectivity index (χ4n) is 2.66. The van der Waals surface area contributed by atoms with Gasteiger partial charge < -0.3 is 5.32 Å². The van der Waals surface area contributed by atoms with Gasteiger partial charge in [-0.15, -0.1) is 0 Å². The van der Waals surface area contributed by atoms with Crippen molar-refractivity contribution in [1.29, 1.82) is 0 Å². The van der Waals surface area contributed by atoms with E-state index in [1.807, 2.05) is 31.2 Å². The number of H-pyrrole nitrogens is 1. The van der Waals surface area contributed by atoms with Crippen LogP contribution in [-0.4, -0.2) is 20.7 Å². The first kappa shape index (κ1) is 19.8. The number of hydrogen-bond acceptors (Lipinski definition) is 3. The number of aryl methyl sites for hydroxylation is 1. The van der Waals surface area contributed by atoms with E-state index in [-0.39, 0.29) is 18.7 Å².